The molecule has 9 heteroatoms. The quantitative estimate of drug-likeness (QED) is 0.361. The molecule has 0 heterocycles. The van der Waals surface area contributed by atoms with Crippen molar-refractivity contribution in [2.45, 2.75) is 46.2 Å². The molecule has 0 aliphatic rings. The Morgan fingerprint density at radius 1 is 0.974 bits per heavy atom. The zero-order chi connectivity index (χ0) is 28.6. The number of carbonyl (C=O) groups excluding carboxylic acids is 2. The van der Waals surface area contributed by atoms with Crippen LogP contribution in [-0.4, -0.2) is 50.5 Å². The summed E-state index contributed by atoms with van der Waals surface area (Å²) in [5, 5.41) is 2.86. The van der Waals surface area contributed by atoms with E-state index in [0.29, 0.717) is 24.2 Å². The number of carbonyl (C=O) groups is 2. The topological polar surface area (TPSA) is 86.8 Å². The maximum Gasteiger partial charge on any atom is 0.244 e. The van der Waals surface area contributed by atoms with Gasteiger partial charge in [-0.15, -0.1) is 0 Å². The van der Waals surface area contributed by atoms with Crippen LogP contribution in [0.3, 0.4) is 0 Å². The Kier molecular flexibility index (Phi) is 10.2. The van der Waals surface area contributed by atoms with Crippen LogP contribution >= 0.6 is 0 Å². The lowest BCUT2D eigenvalue weighted by atomic mass is 10.0. The molecule has 0 spiro atoms. The number of hydrogen-bond acceptors (Lipinski definition) is 4. The average Bonchev–Trinajstić information content (AvgIpc) is 2.90. The first-order chi connectivity index (χ1) is 18.5. The summed E-state index contributed by atoms with van der Waals surface area (Å²) in [4.78, 5) is 28.8. The van der Waals surface area contributed by atoms with Gasteiger partial charge in [-0.2, -0.15) is 0 Å². The molecule has 3 rings (SSSR count). The number of hydrogen-bond donors (Lipinski definition) is 1. The molecule has 3 aromatic carbocycles. The normalized spacial score (nSPS) is 12.0. The maximum absolute atomic E-state index is 14.8. The first kappa shape index (κ1) is 29.8. The number of halogens is 1. The molecule has 0 saturated heterocycles. The Morgan fingerprint density at radius 3 is 2.28 bits per heavy atom. The lowest BCUT2D eigenvalue weighted by molar-refractivity contribution is -0.140. The van der Waals surface area contributed by atoms with Gasteiger partial charge < -0.3 is 10.2 Å². The SMILES string of the molecule is CCCNC(=O)[C@@H](Cc1ccccc1)N(Cc1ccccc1F)C(=O)CN(c1cc(C)ccc1C)S(C)(=O)=O. The van der Waals surface area contributed by atoms with Gasteiger partial charge in [0.05, 0.1) is 11.9 Å². The van der Waals surface area contributed by atoms with E-state index in [-0.39, 0.29) is 24.4 Å². The number of nitrogens with one attached hydrogen (secondary N) is 1. The van der Waals surface area contributed by atoms with E-state index in [1.807, 2.05) is 50.2 Å². The van der Waals surface area contributed by atoms with Crippen molar-refractivity contribution < 1.29 is 22.4 Å². The molecule has 0 aromatic heterocycles. The molecule has 0 unspecified atom stereocenters. The molecule has 0 fully saturated rings. The predicted molar refractivity (Wildman–Crippen MR) is 152 cm³/mol. The van der Waals surface area contributed by atoms with E-state index in [0.717, 1.165) is 21.7 Å². The Balaban J connectivity index is 2.08. The lowest BCUT2D eigenvalue weighted by Crippen LogP contribution is -2.53. The van der Waals surface area contributed by atoms with E-state index in [2.05, 4.69) is 5.32 Å². The smallest absolute Gasteiger partial charge is 0.244 e. The molecule has 0 saturated carbocycles. The zero-order valence-electron chi connectivity index (χ0n) is 22.9. The third-order valence-electron chi connectivity index (χ3n) is 6.43. The average molecular weight is 554 g/mol. The van der Waals surface area contributed by atoms with Gasteiger partial charge in [0.25, 0.3) is 0 Å². The second-order valence-corrected chi connectivity index (χ2v) is 11.6. The van der Waals surface area contributed by atoms with Gasteiger partial charge in [0.15, 0.2) is 0 Å². The number of amides is 2. The van der Waals surface area contributed by atoms with E-state index in [1.54, 1.807) is 37.3 Å². The zero-order valence-corrected chi connectivity index (χ0v) is 23.7. The second-order valence-electron chi connectivity index (χ2n) is 9.67. The standard InChI is InChI=1S/C30H36FN3O4S/c1-5-17-32-30(36)28(19-24-11-7-6-8-12-24)33(20-25-13-9-10-14-26(25)31)29(35)21-34(39(4,37)38)27-18-22(2)15-16-23(27)3/h6-16,18,28H,5,17,19-21H2,1-4H3,(H,32,36)/t28-/m1/s1. The van der Waals surface area contributed by atoms with Gasteiger partial charge >= 0.3 is 0 Å². The number of nitrogens with zero attached hydrogens (tertiary/aromatic N) is 2. The van der Waals surface area contributed by atoms with E-state index in [4.69, 9.17) is 0 Å². The molecule has 0 radical (unpaired) electrons. The van der Waals surface area contributed by atoms with Gasteiger partial charge in [0.2, 0.25) is 21.8 Å². The highest BCUT2D eigenvalue weighted by Gasteiger charge is 2.33. The number of sulfonamides is 1. The fourth-order valence-corrected chi connectivity index (χ4v) is 5.21. The molecule has 7 nitrogen and oxygen atoms in total. The van der Waals surface area contributed by atoms with Crippen molar-refractivity contribution in [2.24, 2.45) is 0 Å². The van der Waals surface area contributed by atoms with Crippen LogP contribution in [0.25, 0.3) is 0 Å². The van der Waals surface area contributed by atoms with Crippen molar-refractivity contribution in [1.29, 1.82) is 0 Å². The van der Waals surface area contributed by atoms with Crippen LogP contribution < -0.4 is 9.62 Å². The highest BCUT2D eigenvalue weighted by atomic mass is 32.2. The van der Waals surface area contributed by atoms with Crippen LogP contribution in [0.4, 0.5) is 10.1 Å². The largest absolute Gasteiger partial charge is 0.354 e. The molecule has 1 atom stereocenters. The van der Waals surface area contributed by atoms with Crippen molar-refractivity contribution in [3.63, 3.8) is 0 Å². The fourth-order valence-electron chi connectivity index (χ4n) is 4.31. The van der Waals surface area contributed by atoms with Crippen LogP contribution in [0, 0.1) is 19.7 Å². The van der Waals surface area contributed by atoms with Gasteiger partial charge in [-0.25, -0.2) is 12.8 Å². The number of benzene rings is 3. The van der Waals surface area contributed by atoms with Crippen molar-refractivity contribution in [3.8, 4) is 0 Å². The molecule has 0 bridgehead atoms. The van der Waals surface area contributed by atoms with E-state index in [9.17, 15) is 22.4 Å². The molecule has 2 amide bonds. The van der Waals surface area contributed by atoms with Gasteiger partial charge in [-0.1, -0.05) is 67.6 Å². The van der Waals surface area contributed by atoms with Crippen molar-refractivity contribution in [3.05, 3.63) is 101 Å². The van der Waals surface area contributed by atoms with Crippen molar-refractivity contribution >= 4 is 27.5 Å². The predicted octanol–water partition coefficient (Wildman–Crippen LogP) is 4.37. The summed E-state index contributed by atoms with van der Waals surface area (Å²) in [5.41, 5.74) is 2.94. The van der Waals surface area contributed by atoms with Crippen LogP contribution in [0.2, 0.25) is 0 Å². The minimum absolute atomic E-state index is 0.179. The third-order valence-corrected chi connectivity index (χ3v) is 7.56. The molecular formula is C30H36FN3O4S. The summed E-state index contributed by atoms with van der Waals surface area (Å²) >= 11 is 0. The second kappa shape index (κ2) is 13.4. The number of anilines is 1. The molecule has 208 valence electrons. The van der Waals surface area contributed by atoms with Gasteiger partial charge in [0.1, 0.15) is 18.4 Å². The lowest BCUT2D eigenvalue weighted by Gasteiger charge is -2.34. The highest BCUT2D eigenvalue weighted by molar-refractivity contribution is 7.92. The van der Waals surface area contributed by atoms with Crippen LogP contribution in [0.1, 0.15) is 35.6 Å². The van der Waals surface area contributed by atoms with Gasteiger partial charge in [0, 0.05) is 25.1 Å². The van der Waals surface area contributed by atoms with E-state index >= 15 is 0 Å². The summed E-state index contributed by atoms with van der Waals surface area (Å²) in [7, 11) is -3.87. The Labute approximate surface area is 230 Å². The summed E-state index contributed by atoms with van der Waals surface area (Å²) in [6.07, 6.45) is 1.91. The molecular weight excluding hydrogens is 517 g/mol. The molecule has 0 aliphatic carbocycles. The van der Waals surface area contributed by atoms with Crippen LogP contribution in [-0.2, 0) is 32.6 Å². The van der Waals surface area contributed by atoms with E-state index < -0.39 is 34.3 Å². The van der Waals surface area contributed by atoms with E-state index in [1.165, 1.54) is 11.0 Å². The minimum atomic E-state index is -3.87. The molecule has 1 N–H and O–H groups in total. The monoisotopic (exact) mass is 553 g/mol. The van der Waals surface area contributed by atoms with Gasteiger partial charge in [-0.05, 0) is 49.1 Å². The van der Waals surface area contributed by atoms with Crippen LogP contribution in [0.5, 0.6) is 0 Å². The third kappa shape index (κ3) is 8.13. The highest BCUT2D eigenvalue weighted by Crippen LogP contribution is 2.25. The Hall–Kier alpha value is -3.72. The summed E-state index contributed by atoms with van der Waals surface area (Å²) < 4.78 is 41.7. The molecule has 3 aromatic rings. The number of rotatable bonds is 12. The first-order valence-corrected chi connectivity index (χ1v) is 14.8. The van der Waals surface area contributed by atoms with Crippen LogP contribution in [0.15, 0.2) is 72.8 Å². The minimum Gasteiger partial charge on any atom is -0.354 e. The molecule has 0 aliphatic heterocycles. The molecule has 39 heavy (non-hydrogen) atoms. The summed E-state index contributed by atoms with van der Waals surface area (Å²) in [6.45, 7) is 5.19. The van der Waals surface area contributed by atoms with Crippen molar-refractivity contribution in [1.82, 2.24) is 10.2 Å². The summed E-state index contributed by atoms with van der Waals surface area (Å²) in [6, 6.07) is 19.7. The van der Waals surface area contributed by atoms with Gasteiger partial charge in [-0.3, -0.25) is 13.9 Å². The fraction of sp³-hybridized carbons (Fsp3) is 0.333. The summed E-state index contributed by atoms with van der Waals surface area (Å²) in [5.74, 6) is -1.52. The first-order valence-electron chi connectivity index (χ1n) is 12.9. The van der Waals surface area contributed by atoms with Crippen molar-refractivity contribution in [2.75, 3.05) is 23.7 Å². The number of aryl methyl sites for hydroxylation is 2. The Morgan fingerprint density at radius 2 is 1.64 bits per heavy atom. The Bertz CT molecular complexity index is 1400. The maximum atomic E-state index is 14.8.